The minimum atomic E-state index is -3.01. The average Bonchev–Trinajstić information content (AvgIpc) is 2.53. The van der Waals surface area contributed by atoms with Crippen LogP contribution < -0.4 is 10.6 Å². The first-order valence-electron chi connectivity index (χ1n) is 8.37. The van der Waals surface area contributed by atoms with Crippen molar-refractivity contribution in [2.24, 2.45) is 5.92 Å². The molecule has 0 aromatic rings. The number of nitrogens with zero attached hydrogens (tertiary/aromatic N) is 1. The van der Waals surface area contributed by atoms with Gasteiger partial charge >= 0.3 is 0 Å². The molecule has 140 valence electrons. The third-order valence-corrected chi connectivity index (χ3v) is 6.25. The van der Waals surface area contributed by atoms with Gasteiger partial charge in [-0.05, 0) is 45.2 Å². The summed E-state index contributed by atoms with van der Waals surface area (Å²) in [6.07, 6.45) is 3.50. The molecular formula is C15H28ClN3O4S. The fourth-order valence-corrected chi connectivity index (χ4v) is 4.29. The lowest BCUT2D eigenvalue weighted by Gasteiger charge is -2.29. The van der Waals surface area contributed by atoms with Crippen LogP contribution >= 0.6 is 12.4 Å². The molecule has 2 rings (SSSR count). The Labute approximate surface area is 150 Å². The third kappa shape index (κ3) is 6.57. The van der Waals surface area contributed by atoms with Gasteiger partial charge in [0, 0.05) is 19.5 Å². The largest absolute Gasteiger partial charge is 0.345 e. The Morgan fingerprint density at radius 3 is 2.38 bits per heavy atom. The molecule has 2 saturated heterocycles. The van der Waals surface area contributed by atoms with E-state index in [0.717, 1.165) is 32.4 Å². The zero-order chi connectivity index (χ0) is 16.9. The lowest BCUT2D eigenvalue weighted by Crippen LogP contribution is -2.51. The highest BCUT2D eigenvalue weighted by molar-refractivity contribution is 7.91. The van der Waals surface area contributed by atoms with E-state index in [1.54, 1.807) is 6.92 Å². The zero-order valence-electron chi connectivity index (χ0n) is 14.1. The lowest BCUT2D eigenvalue weighted by atomic mass is 9.93. The van der Waals surface area contributed by atoms with Crippen molar-refractivity contribution in [3.63, 3.8) is 0 Å². The first kappa shape index (κ1) is 21.2. The highest BCUT2D eigenvalue weighted by atomic mass is 35.5. The number of hydrogen-bond donors (Lipinski definition) is 2. The summed E-state index contributed by atoms with van der Waals surface area (Å²) in [5.74, 6) is 0.300. The van der Waals surface area contributed by atoms with E-state index in [0.29, 0.717) is 12.3 Å². The van der Waals surface area contributed by atoms with E-state index < -0.39 is 15.9 Å². The average molecular weight is 382 g/mol. The van der Waals surface area contributed by atoms with E-state index in [1.165, 1.54) is 4.90 Å². The second-order valence-electron chi connectivity index (χ2n) is 6.50. The molecule has 2 N–H and O–H groups in total. The Morgan fingerprint density at radius 2 is 1.79 bits per heavy atom. The standard InChI is InChI=1S/C15H27N3O4S.ClH/c1-12(15(20)18-8-10-23(21,22)11-9-18)17-14(19)3-2-13-4-6-16-7-5-13;/h12-13,16H,2-11H2,1H3,(H,17,19);1H. The molecule has 0 aromatic carbocycles. The molecule has 2 aliphatic heterocycles. The number of halogens is 1. The van der Waals surface area contributed by atoms with Crippen LogP contribution in [0.5, 0.6) is 0 Å². The molecule has 24 heavy (non-hydrogen) atoms. The molecule has 0 spiro atoms. The molecule has 7 nitrogen and oxygen atoms in total. The minimum Gasteiger partial charge on any atom is -0.345 e. The number of carbonyl (C=O) groups is 2. The number of piperidine rings is 1. The van der Waals surface area contributed by atoms with Crippen molar-refractivity contribution in [2.75, 3.05) is 37.7 Å². The summed E-state index contributed by atoms with van der Waals surface area (Å²) >= 11 is 0. The Bertz CT molecular complexity index is 521. The smallest absolute Gasteiger partial charge is 0.244 e. The van der Waals surface area contributed by atoms with Crippen LogP contribution in [-0.4, -0.2) is 68.9 Å². The van der Waals surface area contributed by atoms with Crippen LogP contribution in [0.3, 0.4) is 0 Å². The predicted octanol–water partition coefficient (Wildman–Crippen LogP) is -0.0503. The molecule has 0 bridgehead atoms. The van der Waals surface area contributed by atoms with E-state index in [4.69, 9.17) is 0 Å². The molecule has 2 aliphatic rings. The van der Waals surface area contributed by atoms with E-state index in [-0.39, 0.29) is 48.8 Å². The van der Waals surface area contributed by atoms with E-state index in [9.17, 15) is 18.0 Å². The number of sulfone groups is 1. The molecule has 0 saturated carbocycles. The molecule has 2 heterocycles. The van der Waals surface area contributed by atoms with Crippen molar-refractivity contribution in [3.05, 3.63) is 0 Å². The maximum atomic E-state index is 12.3. The Kier molecular flexibility index (Phi) is 8.45. The fraction of sp³-hybridized carbons (Fsp3) is 0.867. The van der Waals surface area contributed by atoms with Crippen LogP contribution in [0.2, 0.25) is 0 Å². The first-order valence-corrected chi connectivity index (χ1v) is 10.2. The van der Waals surface area contributed by atoms with Gasteiger partial charge in [0.1, 0.15) is 6.04 Å². The Balaban J connectivity index is 0.00000288. The van der Waals surface area contributed by atoms with Gasteiger partial charge in [-0.15, -0.1) is 12.4 Å². The summed E-state index contributed by atoms with van der Waals surface area (Å²) < 4.78 is 22.8. The van der Waals surface area contributed by atoms with Crippen LogP contribution in [-0.2, 0) is 19.4 Å². The lowest BCUT2D eigenvalue weighted by molar-refractivity contribution is -0.135. The molecule has 1 atom stereocenters. The Morgan fingerprint density at radius 1 is 1.21 bits per heavy atom. The topological polar surface area (TPSA) is 95.6 Å². The Hall–Kier alpha value is -0.860. The molecule has 2 fully saturated rings. The molecular weight excluding hydrogens is 354 g/mol. The van der Waals surface area contributed by atoms with Gasteiger partial charge < -0.3 is 15.5 Å². The van der Waals surface area contributed by atoms with E-state index in [2.05, 4.69) is 10.6 Å². The summed E-state index contributed by atoms with van der Waals surface area (Å²) in [4.78, 5) is 25.8. The first-order chi connectivity index (χ1) is 10.9. The summed E-state index contributed by atoms with van der Waals surface area (Å²) in [6.45, 7) is 4.12. The van der Waals surface area contributed by atoms with Gasteiger partial charge in [0.25, 0.3) is 0 Å². The van der Waals surface area contributed by atoms with Crippen LogP contribution in [0.25, 0.3) is 0 Å². The van der Waals surface area contributed by atoms with E-state index >= 15 is 0 Å². The van der Waals surface area contributed by atoms with Gasteiger partial charge in [0.15, 0.2) is 9.84 Å². The number of nitrogens with one attached hydrogen (secondary N) is 2. The monoisotopic (exact) mass is 381 g/mol. The molecule has 2 amide bonds. The van der Waals surface area contributed by atoms with Crippen LogP contribution in [0.1, 0.15) is 32.6 Å². The molecule has 1 unspecified atom stereocenters. The van der Waals surface area contributed by atoms with Gasteiger partial charge in [0.05, 0.1) is 11.5 Å². The quantitative estimate of drug-likeness (QED) is 0.696. The van der Waals surface area contributed by atoms with Gasteiger partial charge in [-0.3, -0.25) is 9.59 Å². The van der Waals surface area contributed by atoms with E-state index in [1.807, 2.05) is 0 Å². The van der Waals surface area contributed by atoms with Crippen molar-refractivity contribution in [1.29, 1.82) is 0 Å². The summed E-state index contributed by atoms with van der Waals surface area (Å²) in [5, 5.41) is 6.04. The predicted molar refractivity (Wildman–Crippen MR) is 94.9 cm³/mol. The molecule has 0 aliphatic carbocycles. The van der Waals surface area contributed by atoms with Crippen LogP contribution in [0, 0.1) is 5.92 Å². The van der Waals surface area contributed by atoms with Crippen LogP contribution in [0.15, 0.2) is 0 Å². The van der Waals surface area contributed by atoms with Gasteiger partial charge in [-0.2, -0.15) is 0 Å². The van der Waals surface area contributed by atoms with Gasteiger partial charge in [0.2, 0.25) is 11.8 Å². The normalized spacial score (nSPS) is 22.3. The SMILES string of the molecule is CC(NC(=O)CCC1CCNCC1)C(=O)N1CCS(=O)(=O)CC1.Cl. The van der Waals surface area contributed by atoms with Gasteiger partial charge in [-0.1, -0.05) is 0 Å². The second kappa shape index (κ2) is 9.58. The highest BCUT2D eigenvalue weighted by Gasteiger charge is 2.28. The second-order valence-corrected chi connectivity index (χ2v) is 8.80. The highest BCUT2D eigenvalue weighted by Crippen LogP contribution is 2.17. The van der Waals surface area contributed by atoms with Crippen molar-refractivity contribution in [3.8, 4) is 0 Å². The van der Waals surface area contributed by atoms with Crippen molar-refractivity contribution < 1.29 is 18.0 Å². The number of carbonyl (C=O) groups excluding carboxylic acids is 2. The fourth-order valence-electron chi connectivity index (χ4n) is 3.09. The summed E-state index contributed by atoms with van der Waals surface area (Å²) in [6, 6.07) is -0.601. The number of amides is 2. The van der Waals surface area contributed by atoms with Crippen molar-refractivity contribution in [1.82, 2.24) is 15.5 Å². The van der Waals surface area contributed by atoms with Crippen molar-refractivity contribution >= 4 is 34.1 Å². The zero-order valence-corrected chi connectivity index (χ0v) is 15.8. The number of hydrogen-bond acceptors (Lipinski definition) is 5. The maximum Gasteiger partial charge on any atom is 0.244 e. The summed E-state index contributed by atoms with van der Waals surface area (Å²) in [7, 11) is -3.01. The van der Waals surface area contributed by atoms with Crippen molar-refractivity contribution in [2.45, 2.75) is 38.6 Å². The molecule has 0 aromatic heterocycles. The maximum absolute atomic E-state index is 12.3. The van der Waals surface area contributed by atoms with Gasteiger partial charge in [-0.25, -0.2) is 8.42 Å². The van der Waals surface area contributed by atoms with Crippen LogP contribution in [0.4, 0.5) is 0 Å². The molecule has 0 radical (unpaired) electrons. The minimum absolute atomic E-state index is 0. The number of rotatable bonds is 5. The molecule has 9 heteroatoms. The third-order valence-electron chi connectivity index (χ3n) is 4.64. The summed E-state index contributed by atoms with van der Waals surface area (Å²) in [5.41, 5.74) is 0.